The molecule has 1 aromatic rings. The first-order valence-electron chi connectivity index (χ1n) is 5.06. The third-order valence-corrected chi connectivity index (χ3v) is 2.63. The Morgan fingerprint density at radius 3 is 3.13 bits per heavy atom. The molecule has 0 aliphatic carbocycles. The summed E-state index contributed by atoms with van der Waals surface area (Å²) in [7, 11) is 0. The molecule has 1 aromatic heterocycles. The fraction of sp³-hybridized carbons (Fsp3) is 0.545. The highest BCUT2D eigenvalue weighted by molar-refractivity contribution is 6.17. The van der Waals surface area contributed by atoms with Gasteiger partial charge in [-0.25, -0.2) is 0 Å². The number of pyridine rings is 1. The normalized spacial score (nSPS) is 20.5. The zero-order valence-corrected chi connectivity index (χ0v) is 9.46. The van der Waals surface area contributed by atoms with Gasteiger partial charge in [-0.15, -0.1) is 11.6 Å². The number of hydrogen-bond donors (Lipinski definition) is 0. The summed E-state index contributed by atoms with van der Waals surface area (Å²) < 4.78 is 11.0. The van der Waals surface area contributed by atoms with E-state index in [1.54, 1.807) is 0 Å². The number of nitrogens with zero attached hydrogens (tertiary/aromatic N) is 1. The van der Waals surface area contributed by atoms with Gasteiger partial charge >= 0.3 is 0 Å². The van der Waals surface area contributed by atoms with Crippen LogP contribution in [-0.2, 0) is 10.6 Å². The van der Waals surface area contributed by atoms with Gasteiger partial charge in [0.05, 0.1) is 24.8 Å². The van der Waals surface area contributed by atoms with Crippen molar-refractivity contribution in [2.75, 3.05) is 13.2 Å². The fourth-order valence-corrected chi connectivity index (χ4v) is 1.78. The maximum Gasteiger partial charge on any atom is 0.142 e. The Morgan fingerprint density at radius 2 is 2.47 bits per heavy atom. The molecule has 0 saturated carbocycles. The van der Waals surface area contributed by atoms with Crippen molar-refractivity contribution in [2.24, 2.45) is 0 Å². The maximum atomic E-state index is 5.82. The van der Waals surface area contributed by atoms with Crippen molar-refractivity contribution in [3.63, 3.8) is 0 Å². The monoisotopic (exact) mass is 227 g/mol. The molecule has 2 heterocycles. The first-order valence-corrected chi connectivity index (χ1v) is 5.60. The standard InChI is InChI=1S/C11H14ClNO2/c1-8-2-3-11(10(6-12)13-8)15-9-4-5-14-7-9/h2-3,9H,4-7H2,1H3. The second kappa shape index (κ2) is 4.81. The molecule has 82 valence electrons. The molecule has 0 N–H and O–H groups in total. The van der Waals surface area contributed by atoms with Gasteiger partial charge in [0.2, 0.25) is 0 Å². The van der Waals surface area contributed by atoms with Gasteiger partial charge in [0.25, 0.3) is 0 Å². The van der Waals surface area contributed by atoms with E-state index >= 15 is 0 Å². The minimum Gasteiger partial charge on any atom is -0.486 e. The van der Waals surface area contributed by atoms with E-state index in [4.69, 9.17) is 21.1 Å². The predicted octanol–water partition coefficient (Wildman–Crippen LogP) is 2.30. The van der Waals surface area contributed by atoms with Crippen molar-refractivity contribution in [1.29, 1.82) is 0 Å². The molecule has 0 spiro atoms. The zero-order chi connectivity index (χ0) is 10.7. The van der Waals surface area contributed by atoms with E-state index in [0.717, 1.165) is 30.2 Å². The Bertz CT molecular complexity index is 337. The van der Waals surface area contributed by atoms with Crippen molar-refractivity contribution in [3.8, 4) is 5.75 Å². The maximum absolute atomic E-state index is 5.82. The van der Waals surface area contributed by atoms with E-state index in [9.17, 15) is 0 Å². The number of hydrogen-bond acceptors (Lipinski definition) is 3. The summed E-state index contributed by atoms with van der Waals surface area (Å²) in [4.78, 5) is 4.34. The molecular weight excluding hydrogens is 214 g/mol. The molecular formula is C11H14ClNO2. The minimum atomic E-state index is 0.150. The first kappa shape index (κ1) is 10.7. The average Bonchev–Trinajstić information content (AvgIpc) is 2.73. The Morgan fingerprint density at radius 1 is 1.60 bits per heavy atom. The molecule has 0 bridgehead atoms. The summed E-state index contributed by atoms with van der Waals surface area (Å²) in [5, 5.41) is 0. The molecule has 1 unspecified atom stereocenters. The third kappa shape index (κ3) is 2.61. The van der Waals surface area contributed by atoms with Gasteiger partial charge in [-0.2, -0.15) is 0 Å². The number of aromatic nitrogens is 1. The Hall–Kier alpha value is -0.800. The molecule has 0 aromatic carbocycles. The average molecular weight is 228 g/mol. The van der Waals surface area contributed by atoms with Crippen LogP contribution in [0, 0.1) is 6.92 Å². The van der Waals surface area contributed by atoms with Crippen molar-refractivity contribution >= 4 is 11.6 Å². The van der Waals surface area contributed by atoms with Crippen molar-refractivity contribution < 1.29 is 9.47 Å². The quantitative estimate of drug-likeness (QED) is 0.743. The van der Waals surface area contributed by atoms with Crippen LogP contribution >= 0.6 is 11.6 Å². The van der Waals surface area contributed by atoms with Gasteiger partial charge in [-0.3, -0.25) is 4.98 Å². The SMILES string of the molecule is Cc1ccc(OC2CCOC2)c(CCl)n1. The highest BCUT2D eigenvalue weighted by atomic mass is 35.5. The lowest BCUT2D eigenvalue weighted by molar-refractivity contribution is 0.140. The summed E-state index contributed by atoms with van der Waals surface area (Å²) in [6.07, 6.45) is 1.09. The van der Waals surface area contributed by atoms with Gasteiger partial charge < -0.3 is 9.47 Å². The number of rotatable bonds is 3. The molecule has 2 rings (SSSR count). The molecule has 1 aliphatic heterocycles. The van der Waals surface area contributed by atoms with Crippen LogP contribution in [0.4, 0.5) is 0 Å². The largest absolute Gasteiger partial charge is 0.486 e. The molecule has 1 saturated heterocycles. The molecule has 0 amide bonds. The number of halogens is 1. The third-order valence-electron chi connectivity index (χ3n) is 2.38. The molecule has 1 atom stereocenters. The number of ether oxygens (including phenoxy) is 2. The van der Waals surface area contributed by atoms with Crippen molar-refractivity contribution in [2.45, 2.75) is 25.3 Å². The smallest absolute Gasteiger partial charge is 0.142 e. The molecule has 4 heteroatoms. The zero-order valence-electron chi connectivity index (χ0n) is 8.70. The van der Waals surface area contributed by atoms with E-state index in [-0.39, 0.29) is 6.10 Å². The summed E-state index contributed by atoms with van der Waals surface area (Å²) in [6.45, 7) is 3.38. The second-order valence-electron chi connectivity index (χ2n) is 3.63. The molecule has 1 aliphatic rings. The van der Waals surface area contributed by atoms with E-state index < -0.39 is 0 Å². The fourth-order valence-electron chi connectivity index (χ4n) is 1.59. The lowest BCUT2D eigenvalue weighted by Crippen LogP contribution is -2.16. The van der Waals surface area contributed by atoms with Crippen LogP contribution in [-0.4, -0.2) is 24.3 Å². The summed E-state index contributed by atoms with van der Waals surface area (Å²) >= 11 is 5.82. The van der Waals surface area contributed by atoms with Gasteiger partial charge in [0.15, 0.2) is 0 Å². The highest BCUT2D eigenvalue weighted by Crippen LogP contribution is 2.22. The van der Waals surface area contributed by atoms with Gasteiger partial charge in [0, 0.05) is 12.1 Å². The molecule has 15 heavy (non-hydrogen) atoms. The van der Waals surface area contributed by atoms with Gasteiger partial charge in [-0.05, 0) is 19.1 Å². The van der Waals surface area contributed by atoms with E-state index in [2.05, 4.69) is 4.98 Å². The van der Waals surface area contributed by atoms with E-state index in [1.165, 1.54) is 0 Å². The molecule has 3 nitrogen and oxygen atoms in total. The van der Waals surface area contributed by atoms with Crippen LogP contribution in [0.5, 0.6) is 5.75 Å². The van der Waals surface area contributed by atoms with Crippen LogP contribution in [0.25, 0.3) is 0 Å². The number of aryl methyl sites for hydroxylation is 1. The van der Waals surface area contributed by atoms with Crippen LogP contribution in [0.15, 0.2) is 12.1 Å². The van der Waals surface area contributed by atoms with Crippen LogP contribution in [0.1, 0.15) is 17.8 Å². The predicted molar refractivity (Wildman–Crippen MR) is 58.4 cm³/mol. The Kier molecular flexibility index (Phi) is 3.44. The van der Waals surface area contributed by atoms with Gasteiger partial charge in [0.1, 0.15) is 11.9 Å². The van der Waals surface area contributed by atoms with Gasteiger partial charge in [-0.1, -0.05) is 0 Å². The van der Waals surface area contributed by atoms with Crippen molar-refractivity contribution in [3.05, 3.63) is 23.5 Å². The van der Waals surface area contributed by atoms with Crippen molar-refractivity contribution in [1.82, 2.24) is 4.98 Å². The summed E-state index contributed by atoms with van der Waals surface area (Å²) in [5.74, 6) is 1.16. The van der Waals surface area contributed by atoms with Crippen LogP contribution in [0.3, 0.4) is 0 Å². The molecule has 1 fully saturated rings. The lowest BCUT2D eigenvalue weighted by Gasteiger charge is -2.14. The number of alkyl halides is 1. The second-order valence-corrected chi connectivity index (χ2v) is 3.90. The van der Waals surface area contributed by atoms with E-state index in [1.807, 2.05) is 19.1 Å². The van der Waals surface area contributed by atoms with Crippen LogP contribution < -0.4 is 4.74 Å². The van der Waals surface area contributed by atoms with Crippen LogP contribution in [0.2, 0.25) is 0 Å². The lowest BCUT2D eigenvalue weighted by atomic mass is 10.3. The van der Waals surface area contributed by atoms with E-state index in [0.29, 0.717) is 12.5 Å². The summed E-state index contributed by atoms with van der Waals surface area (Å²) in [6, 6.07) is 3.86. The Balaban J connectivity index is 2.12. The molecule has 0 radical (unpaired) electrons. The summed E-state index contributed by atoms with van der Waals surface area (Å²) in [5.41, 5.74) is 1.77. The minimum absolute atomic E-state index is 0.150. The highest BCUT2D eigenvalue weighted by Gasteiger charge is 2.18. The Labute approximate surface area is 94.4 Å². The topological polar surface area (TPSA) is 31.4 Å². The first-order chi connectivity index (χ1) is 7.29.